The molecule has 0 heterocycles. The molecule has 0 aromatic carbocycles. The first kappa shape index (κ1) is 12.5. The monoisotopic (exact) mass is 182 g/mol. The Labute approximate surface area is 82.7 Å². The number of likely N-dealkylation sites (N-methyl/N-ethyl adjacent to an activating group) is 1. The van der Waals surface area contributed by atoms with Crippen LogP contribution >= 0.6 is 0 Å². The summed E-state index contributed by atoms with van der Waals surface area (Å²) < 4.78 is 0. The van der Waals surface area contributed by atoms with Crippen molar-refractivity contribution in [3.8, 4) is 11.8 Å². The summed E-state index contributed by atoms with van der Waals surface area (Å²) in [7, 11) is 4.19. The second-order valence-electron chi connectivity index (χ2n) is 3.54. The molecule has 1 atom stereocenters. The molecule has 2 nitrogen and oxygen atoms in total. The fourth-order valence-corrected chi connectivity index (χ4v) is 1.22. The lowest BCUT2D eigenvalue weighted by molar-refractivity contribution is 0.340. The molecule has 0 rings (SSSR count). The van der Waals surface area contributed by atoms with Crippen molar-refractivity contribution in [2.45, 2.75) is 32.7 Å². The first-order valence-electron chi connectivity index (χ1n) is 4.98. The predicted octanol–water partition coefficient (Wildman–Crippen LogP) is 1.33. The highest BCUT2D eigenvalue weighted by atomic mass is 15.1. The van der Waals surface area contributed by atoms with Gasteiger partial charge in [-0.3, -0.25) is 0 Å². The summed E-state index contributed by atoms with van der Waals surface area (Å²) >= 11 is 0. The van der Waals surface area contributed by atoms with Crippen LogP contribution in [0.4, 0.5) is 0 Å². The molecule has 0 bridgehead atoms. The lowest BCUT2D eigenvalue weighted by Gasteiger charge is -2.20. The number of hydrogen-bond donors (Lipinski definition) is 1. The van der Waals surface area contributed by atoms with Gasteiger partial charge in [-0.2, -0.15) is 0 Å². The largest absolute Gasteiger partial charge is 0.312 e. The summed E-state index contributed by atoms with van der Waals surface area (Å²) in [6, 6.07) is 0.516. The van der Waals surface area contributed by atoms with Gasteiger partial charge >= 0.3 is 0 Å². The molecule has 0 saturated carbocycles. The van der Waals surface area contributed by atoms with Crippen LogP contribution in [0, 0.1) is 11.8 Å². The number of nitrogens with zero attached hydrogens (tertiary/aromatic N) is 1. The van der Waals surface area contributed by atoms with Gasteiger partial charge in [-0.15, -0.1) is 11.8 Å². The van der Waals surface area contributed by atoms with E-state index >= 15 is 0 Å². The molecule has 0 aromatic heterocycles. The van der Waals surface area contributed by atoms with Crippen LogP contribution in [0.15, 0.2) is 0 Å². The van der Waals surface area contributed by atoms with Crippen molar-refractivity contribution in [3.63, 3.8) is 0 Å². The summed E-state index contributed by atoms with van der Waals surface area (Å²) in [6.45, 7) is 6.23. The van der Waals surface area contributed by atoms with Crippen LogP contribution in [0.3, 0.4) is 0 Å². The third kappa shape index (κ3) is 7.83. The molecule has 1 unspecified atom stereocenters. The zero-order chi connectivity index (χ0) is 10.1. The second kappa shape index (κ2) is 8.10. The Bertz CT molecular complexity index is 165. The smallest absolute Gasteiger partial charge is 0.0304 e. The highest BCUT2D eigenvalue weighted by Gasteiger charge is 2.06. The molecule has 0 amide bonds. The average molecular weight is 182 g/mol. The van der Waals surface area contributed by atoms with Gasteiger partial charge in [-0.25, -0.2) is 0 Å². The van der Waals surface area contributed by atoms with Crippen molar-refractivity contribution >= 4 is 0 Å². The van der Waals surface area contributed by atoms with Gasteiger partial charge in [-0.05, 0) is 34.0 Å². The molecular formula is C11H22N2. The highest BCUT2D eigenvalue weighted by molar-refractivity contribution is 4.98. The first-order valence-corrected chi connectivity index (χ1v) is 4.98. The Morgan fingerprint density at radius 3 is 2.54 bits per heavy atom. The Kier molecular flexibility index (Phi) is 7.77. The zero-order valence-electron chi connectivity index (χ0n) is 9.35. The molecule has 0 fully saturated rings. The maximum absolute atomic E-state index is 3.49. The van der Waals surface area contributed by atoms with Gasteiger partial charge < -0.3 is 10.2 Å². The van der Waals surface area contributed by atoms with Crippen LogP contribution in [0.2, 0.25) is 0 Å². The maximum Gasteiger partial charge on any atom is 0.0304 e. The molecule has 2 heteroatoms. The van der Waals surface area contributed by atoms with Gasteiger partial charge in [0, 0.05) is 19.0 Å². The molecule has 13 heavy (non-hydrogen) atoms. The third-order valence-corrected chi connectivity index (χ3v) is 1.79. The maximum atomic E-state index is 3.49. The molecule has 0 saturated heterocycles. The summed E-state index contributed by atoms with van der Waals surface area (Å²) in [5.74, 6) is 6.06. The van der Waals surface area contributed by atoms with E-state index in [0.29, 0.717) is 6.04 Å². The summed E-state index contributed by atoms with van der Waals surface area (Å²) in [6.07, 6.45) is 2.14. The molecule has 0 aliphatic carbocycles. The molecule has 76 valence electrons. The molecule has 0 aromatic rings. The third-order valence-electron chi connectivity index (χ3n) is 1.79. The van der Waals surface area contributed by atoms with Gasteiger partial charge in [0.2, 0.25) is 0 Å². The van der Waals surface area contributed by atoms with Gasteiger partial charge in [0.15, 0.2) is 0 Å². The van der Waals surface area contributed by atoms with Crippen molar-refractivity contribution in [1.29, 1.82) is 0 Å². The molecule has 0 spiro atoms. The quantitative estimate of drug-likeness (QED) is 0.623. The molecule has 1 N–H and O–H groups in total. The minimum absolute atomic E-state index is 0.516. The SMILES string of the molecule is CC#CCC(CN(C)C)NCCC. The van der Waals surface area contributed by atoms with Gasteiger partial charge in [0.05, 0.1) is 0 Å². The van der Waals surface area contributed by atoms with Crippen molar-refractivity contribution < 1.29 is 0 Å². The van der Waals surface area contributed by atoms with Gasteiger partial charge in [0.25, 0.3) is 0 Å². The Morgan fingerprint density at radius 2 is 2.08 bits per heavy atom. The van der Waals surface area contributed by atoms with E-state index in [-0.39, 0.29) is 0 Å². The molecule has 0 aliphatic rings. The van der Waals surface area contributed by atoms with Crippen molar-refractivity contribution in [2.75, 3.05) is 27.2 Å². The number of nitrogens with one attached hydrogen (secondary N) is 1. The fraction of sp³-hybridized carbons (Fsp3) is 0.818. The number of rotatable bonds is 6. The lowest BCUT2D eigenvalue weighted by atomic mass is 10.2. The zero-order valence-corrected chi connectivity index (χ0v) is 9.35. The van der Waals surface area contributed by atoms with E-state index in [1.54, 1.807) is 0 Å². The minimum Gasteiger partial charge on any atom is -0.312 e. The van der Waals surface area contributed by atoms with E-state index in [0.717, 1.165) is 19.5 Å². The van der Waals surface area contributed by atoms with Crippen LogP contribution in [0.5, 0.6) is 0 Å². The Balaban J connectivity index is 3.77. The van der Waals surface area contributed by atoms with Crippen molar-refractivity contribution in [1.82, 2.24) is 10.2 Å². The van der Waals surface area contributed by atoms with Crippen molar-refractivity contribution in [2.24, 2.45) is 0 Å². The first-order chi connectivity index (χ1) is 6.20. The topological polar surface area (TPSA) is 15.3 Å². The predicted molar refractivity (Wildman–Crippen MR) is 58.7 cm³/mol. The van der Waals surface area contributed by atoms with Crippen LogP contribution in [0.1, 0.15) is 26.7 Å². The second-order valence-corrected chi connectivity index (χ2v) is 3.54. The van der Waals surface area contributed by atoms with Crippen LogP contribution in [0.25, 0.3) is 0 Å². The van der Waals surface area contributed by atoms with E-state index in [4.69, 9.17) is 0 Å². The molecule has 0 aliphatic heterocycles. The van der Waals surface area contributed by atoms with Gasteiger partial charge in [0.1, 0.15) is 0 Å². The normalized spacial score (nSPS) is 12.4. The lowest BCUT2D eigenvalue weighted by Crippen LogP contribution is -2.38. The summed E-state index contributed by atoms with van der Waals surface area (Å²) in [5, 5.41) is 3.49. The number of hydrogen-bond acceptors (Lipinski definition) is 2. The van der Waals surface area contributed by atoms with Crippen LogP contribution in [-0.4, -0.2) is 38.1 Å². The molecule has 0 radical (unpaired) electrons. The molecular weight excluding hydrogens is 160 g/mol. The van der Waals surface area contributed by atoms with E-state index < -0.39 is 0 Å². The van der Waals surface area contributed by atoms with E-state index in [1.165, 1.54) is 6.42 Å². The Hall–Kier alpha value is -0.520. The highest BCUT2D eigenvalue weighted by Crippen LogP contribution is 1.93. The van der Waals surface area contributed by atoms with E-state index in [1.807, 2.05) is 6.92 Å². The van der Waals surface area contributed by atoms with E-state index in [9.17, 15) is 0 Å². The standard InChI is InChI=1S/C11H22N2/c1-5-7-8-11(10-13(3)4)12-9-6-2/h11-12H,6,8-10H2,1-4H3. The Morgan fingerprint density at radius 1 is 1.38 bits per heavy atom. The van der Waals surface area contributed by atoms with E-state index in [2.05, 4.69) is 43.1 Å². The van der Waals surface area contributed by atoms with Gasteiger partial charge in [-0.1, -0.05) is 6.92 Å². The summed E-state index contributed by atoms with van der Waals surface area (Å²) in [5.41, 5.74) is 0. The van der Waals surface area contributed by atoms with Crippen LogP contribution < -0.4 is 5.32 Å². The minimum atomic E-state index is 0.516. The van der Waals surface area contributed by atoms with Crippen LogP contribution in [-0.2, 0) is 0 Å². The summed E-state index contributed by atoms with van der Waals surface area (Å²) in [4.78, 5) is 2.20. The average Bonchev–Trinajstić information content (AvgIpc) is 2.09. The van der Waals surface area contributed by atoms with Crippen molar-refractivity contribution in [3.05, 3.63) is 0 Å². The fourth-order valence-electron chi connectivity index (χ4n) is 1.22.